The number of rotatable bonds is 2. The Hall–Kier alpha value is -1.81. The number of hydrogen-bond donors (Lipinski definition) is 0. The van der Waals surface area contributed by atoms with Crippen LogP contribution in [0.2, 0.25) is 0 Å². The van der Waals surface area contributed by atoms with Crippen molar-refractivity contribution in [1.29, 1.82) is 0 Å². The van der Waals surface area contributed by atoms with Crippen molar-refractivity contribution in [1.82, 2.24) is 0 Å². The Morgan fingerprint density at radius 2 is 1.60 bits per heavy atom. The third-order valence-corrected chi connectivity index (χ3v) is 3.02. The van der Waals surface area contributed by atoms with Crippen LogP contribution in [0.5, 0.6) is 0 Å². The molecule has 0 atom stereocenters. The molecule has 5 heteroatoms. The summed E-state index contributed by atoms with van der Waals surface area (Å²) < 4.78 is 37.4. The molecular formula is C15H11ClF3N. The number of halogens is 4. The van der Waals surface area contributed by atoms with Gasteiger partial charge in [0.15, 0.2) is 0 Å². The molecule has 0 unspecified atom stereocenters. The van der Waals surface area contributed by atoms with Crippen LogP contribution < -0.4 is 0 Å². The van der Waals surface area contributed by atoms with E-state index in [4.69, 9.17) is 11.6 Å². The molecule has 20 heavy (non-hydrogen) atoms. The van der Waals surface area contributed by atoms with Crippen LogP contribution >= 0.6 is 11.6 Å². The zero-order valence-electron chi connectivity index (χ0n) is 10.6. The van der Waals surface area contributed by atoms with E-state index < -0.39 is 11.3 Å². The molecule has 0 heterocycles. The minimum absolute atomic E-state index is 0.193. The van der Waals surface area contributed by atoms with E-state index in [1.807, 2.05) is 31.2 Å². The summed E-state index contributed by atoms with van der Waals surface area (Å²) in [6.07, 6.45) is -4.64. The minimum atomic E-state index is -4.64. The van der Waals surface area contributed by atoms with Crippen molar-refractivity contribution in [3.8, 4) is 11.1 Å². The first kappa shape index (κ1) is 14.6. The lowest BCUT2D eigenvalue weighted by molar-refractivity contribution is -0.0558. The standard InChI is InChI=1S/C15H11ClF3N/c1-10-6-8-11(9-7-10)12-4-2-3-5-13(12)20-14(16)15(17,18)19/h2-9H,1H3. The van der Waals surface area contributed by atoms with Crippen LogP contribution in [-0.2, 0) is 0 Å². The Labute approximate surface area is 119 Å². The predicted molar refractivity (Wildman–Crippen MR) is 75.6 cm³/mol. The van der Waals surface area contributed by atoms with Gasteiger partial charge in [-0.2, -0.15) is 13.2 Å². The summed E-state index contributed by atoms with van der Waals surface area (Å²) >= 11 is 5.20. The predicted octanol–water partition coefficient (Wildman–Crippen LogP) is 5.49. The molecule has 0 bridgehead atoms. The largest absolute Gasteiger partial charge is 0.444 e. The maximum atomic E-state index is 12.5. The number of aryl methyl sites for hydroxylation is 1. The van der Waals surface area contributed by atoms with Crippen molar-refractivity contribution in [2.45, 2.75) is 13.1 Å². The molecule has 0 aliphatic heterocycles. The summed E-state index contributed by atoms with van der Waals surface area (Å²) in [5.41, 5.74) is 2.67. The van der Waals surface area contributed by atoms with E-state index in [9.17, 15) is 13.2 Å². The molecule has 0 saturated heterocycles. The van der Waals surface area contributed by atoms with Crippen LogP contribution in [0, 0.1) is 6.92 Å². The van der Waals surface area contributed by atoms with E-state index in [1.165, 1.54) is 6.07 Å². The van der Waals surface area contributed by atoms with E-state index >= 15 is 0 Å². The van der Waals surface area contributed by atoms with Crippen molar-refractivity contribution < 1.29 is 13.2 Å². The molecule has 0 saturated carbocycles. The molecular weight excluding hydrogens is 287 g/mol. The third kappa shape index (κ3) is 3.39. The zero-order valence-corrected chi connectivity index (χ0v) is 11.3. The Bertz CT molecular complexity index is 630. The van der Waals surface area contributed by atoms with Crippen LogP contribution in [0.3, 0.4) is 0 Å². The van der Waals surface area contributed by atoms with Gasteiger partial charge >= 0.3 is 6.18 Å². The SMILES string of the molecule is Cc1ccc(-c2ccccc2N=C(Cl)C(F)(F)F)cc1. The molecule has 0 fully saturated rings. The van der Waals surface area contributed by atoms with Crippen LogP contribution in [0.1, 0.15) is 5.56 Å². The normalized spacial score (nSPS) is 12.6. The second-order valence-corrected chi connectivity index (χ2v) is 4.64. The highest BCUT2D eigenvalue weighted by atomic mass is 35.5. The van der Waals surface area contributed by atoms with Gasteiger partial charge in [0.25, 0.3) is 0 Å². The zero-order chi connectivity index (χ0) is 14.8. The van der Waals surface area contributed by atoms with Gasteiger partial charge in [-0.3, -0.25) is 0 Å². The first-order chi connectivity index (χ1) is 9.38. The molecule has 0 N–H and O–H groups in total. The topological polar surface area (TPSA) is 12.4 Å². The van der Waals surface area contributed by atoms with Gasteiger partial charge in [0.05, 0.1) is 5.69 Å². The van der Waals surface area contributed by atoms with Gasteiger partial charge in [0.2, 0.25) is 5.17 Å². The molecule has 104 valence electrons. The van der Waals surface area contributed by atoms with Crippen molar-refractivity contribution >= 4 is 22.5 Å². The van der Waals surface area contributed by atoms with E-state index in [0.29, 0.717) is 5.56 Å². The lowest BCUT2D eigenvalue weighted by Crippen LogP contribution is -2.16. The van der Waals surface area contributed by atoms with E-state index in [-0.39, 0.29) is 5.69 Å². The first-order valence-electron chi connectivity index (χ1n) is 5.85. The Morgan fingerprint density at radius 3 is 2.20 bits per heavy atom. The van der Waals surface area contributed by atoms with Gasteiger partial charge in [0.1, 0.15) is 0 Å². The molecule has 0 aromatic heterocycles. The summed E-state index contributed by atoms with van der Waals surface area (Å²) in [7, 11) is 0. The number of nitrogens with zero attached hydrogens (tertiary/aromatic N) is 1. The van der Waals surface area contributed by atoms with E-state index in [0.717, 1.165) is 11.1 Å². The second-order valence-electron chi connectivity index (χ2n) is 4.28. The molecule has 2 rings (SSSR count). The van der Waals surface area contributed by atoms with Gasteiger partial charge in [-0.25, -0.2) is 4.99 Å². The van der Waals surface area contributed by atoms with Crippen molar-refractivity contribution in [3.63, 3.8) is 0 Å². The molecule has 2 aromatic rings. The van der Waals surface area contributed by atoms with Crippen molar-refractivity contribution in [2.75, 3.05) is 0 Å². The summed E-state index contributed by atoms with van der Waals surface area (Å²) in [6.45, 7) is 1.94. The highest BCUT2D eigenvalue weighted by molar-refractivity contribution is 6.67. The van der Waals surface area contributed by atoms with Gasteiger partial charge in [-0.1, -0.05) is 59.6 Å². The lowest BCUT2D eigenvalue weighted by Gasteiger charge is -2.08. The fraction of sp³-hybridized carbons (Fsp3) is 0.133. The van der Waals surface area contributed by atoms with E-state index in [1.54, 1.807) is 18.2 Å². The van der Waals surface area contributed by atoms with Crippen LogP contribution in [0.25, 0.3) is 11.1 Å². The average molecular weight is 298 g/mol. The van der Waals surface area contributed by atoms with Gasteiger partial charge in [0, 0.05) is 5.56 Å². The third-order valence-electron chi connectivity index (χ3n) is 2.72. The van der Waals surface area contributed by atoms with E-state index in [2.05, 4.69) is 4.99 Å². The highest BCUT2D eigenvalue weighted by Crippen LogP contribution is 2.32. The molecule has 0 aliphatic carbocycles. The van der Waals surface area contributed by atoms with Gasteiger partial charge in [-0.05, 0) is 18.6 Å². The molecule has 0 amide bonds. The summed E-state index contributed by atoms with van der Waals surface area (Å²) in [5, 5.41) is -1.38. The quantitative estimate of drug-likeness (QED) is 0.650. The fourth-order valence-electron chi connectivity index (χ4n) is 1.72. The maximum Gasteiger partial charge on any atom is 0.444 e. The Balaban J connectivity index is 2.49. The van der Waals surface area contributed by atoms with Crippen LogP contribution in [-0.4, -0.2) is 11.3 Å². The smallest absolute Gasteiger partial charge is 0.232 e. The minimum Gasteiger partial charge on any atom is -0.232 e. The Kier molecular flexibility index (Phi) is 4.14. The average Bonchev–Trinajstić information content (AvgIpc) is 2.39. The molecule has 0 radical (unpaired) electrons. The summed E-state index contributed by atoms with van der Waals surface area (Å²) in [6, 6.07) is 14.0. The maximum absolute atomic E-state index is 12.5. The molecule has 2 aromatic carbocycles. The number of benzene rings is 2. The fourth-order valence-corrected chi connectivity index (χ4v) is 1.81. The van der Waals surface area contributed by atoms with Gasteiger partial charge < -0.3 is 0 Å². The number of alkyl halides is 3. The Morgan fingerprint density at radius 1 is 1.00 bits per heavy atom. The first-order valence-corrected chi connectivity index (χ1v) is 6.23. The number of para-hydroxylation sites is 1. The van der Waals surface area contributed by atoms with Crippen molar-refractivity contribution in [3.05, 3.63) is 54.1 Å². The molecule has 1 nitrogen and oxygen atoms in total. The van der Waals surface area contributed by atoms with Crippen molar-refractivity contribution in [2.24, 2.45) is 4.99 Å². The van der Waals surface area contributed by atoms with Gasteiger partial charge in [-0.15, -0.1) is 0 Å². The summed E-state index contributed by atoms with van der Waals surface area (Å²) in [5.74, 6) is 0. The molecule has 0 spiro atoms. The number of aliphatic imine (C=N–C) groups is 1. The van der Waals surface area contributed by atoms with Crippen LogP contribution in [0.4, 0.5) is 18.9 Å². The summed E-state index contributed by atoms with van der Waals surface area (Å²) in [4.78, 5) is 3.49. The number of hydrogen-bond acceptors (Lipinski definition) is 1. The lowest BCUT2D eigenvalue weighted by atomic mass is 10.0. The van der Waals surface area contributed by atoms with Crippen LogP contribution in [0.15, 0.2) is 53.5 Å². The monoisotopic (exact) mass is 297 g/mol. The highest BCUT2D eigenvalue weighted by Gasteiger charge is 2.34. The molecule has 0 aliphatic rings. The second kappa shape index (κ2) is 5.67.